The Balaban J connectivity index is 2.40. The molecule has 1 aromatic heterocycles. The lowest BCUT2D eigenvalue weighted by molar-refractivity contribution is 0.569. The zero-order chi connectivity index (χ0) is 13.2. The van der Waals surface area contributed by atoms with Crippen molar-refractivity contribution in [3.05, 3.63) is 41.2 Å². The fraction of sp³-hybridized carbons (Fsp3) is 0.100. The van der Waals surface area contributed by atoms with Crippen LogP contribution < -0.4 is 10.5 Å². The number of hydrogen-bond acceptors (Lipinski definition) is 5. The minimum absolute atomic E-state index is 0.139. The van der Waals surface area contributed by atoms with Crippen molar-refractivity contribution in [2.45, 2.75) is 11.4 Å². The highest BCUT2D eigenvalue weighted by Gasteiger charge is 2.20. The number of sulfonamides is 1. The summed E-state index contributed by atoms with van der Waals surface area (Å²) in [6.07, 6.45) is 1.45. The van der Waals surface area contributed by atoms with E-state index in [0.717, 1.165) is 17.4 Å². The van der Waals surface area contributed by atoms with Crippen LogP contribution in [-0.2, 0) is 16.6 Å². The Morgan fingerprint density at radius 2 is 2.22 bits per heavy atom. The summed E-state index contributed by atoms with van der Waals surface area (Å²) >= 11 is 1.11. The highest BCUT2D eigenvalue weighted by molar-refractivity contribution is 7.93. The van der Waals surface area contributed by atoms with Gasteiger partial charge in [0.05, 0.1) is 0 Å². The maximum atomic E-state index is 13.6. The number of rotatable bonds is 4. The Morgan fingerprint density at radius 3 is 2.83 bits per heavy atom. The van der Waals surface area contributed by atoms with E-state index in [0.29, 0.717) is 5.56 Å². The van der Waals surface area contributed by atoms with E-state index in [-0.39, 0.29) is 11.7 Å². The molecule has 0 atom stereocenters. The molecule has 8 heteroatoms. The quantitative estimate of drug-likeness (QED) is 0.893. The Kier molecular flexibility index (Phi) is 3.60. The summed E-state index contributed by atoms with van der Waals surface area (Å²) in [5.74, 6) is -0.823. The number of hydrogen-bond donors (Lipinski definition) is 2. The van der Waals surface area contributed by atoms with E-state index in [9.17, 15) is 12.8 Å². The third-order valence-electron chi connectivity index (χ3n) is 2.17. The predicted octanol–water partition coefficient (Wildman–Crippen LogP) is 1.54. The fourth-order valence-corrected chi connectivity index (χ4v) is 3.24. The lowest BCUT2D eigenvalue weighted by atomic mass is 10.2. The summed E-state index contributed by atoms with van der Waals surface area (Å²) < 4.78 is 39.7. The first kappa shape index (κ1) is 12.9. The van der Waals surface area contributed by atoms with Gasteiger partial charge in [0.25, 0.3) is 10.0 Å². The molecule has 0 aliphatic carbocycles. The molecule has 18 heavy (non-hydrogen) atoms. The van der Waals surface area contributed by atoms with Gasteiger partial charge in [-0.2, -0.15) is 0 Å². The third kappa shape index (κ3) is 2.66. The number of aromatic nitrogens is 1. The molecule has 0 saturated carbocycles. The molecule has 3 N–H and O–H groups in total. The highest BCUT2D eigenvalue weighted by atomic mass is 32.2. The van der Waals surface area contributed by atoms with Crippen molar-refractivity contribution in [2.24, 2.45) is 5.73 Å². The van der Waals surface area contributed by atoms with Crippen LogP contribution in [0, 0.1) is 5.82 Å². The van der Waals surface area contributed by atoms with Crippen molar-refractivity contribution >= 4 is 26.5 Å². The first-order valence-corrected chi connectivity index (χ1v) is 7.30. The van der Waals surface area contributed by atoms with Crippen LogP contribution in [0.15, 0.2) is 34.7 Å². The van der Waals surface area contributed by atoms with E-state index in [4.69, 9.17) is 5.73 Å². The molecule has 2 rings (SSSR count). The fourth-order valence-electron chi connectivity index (χ4n) is 1.32. The molecule has 0 radical (unpaired) electrons. The topological polar surface area (TPSA) is 85.1 Å². The second-order valence-electron chi connectivity index (χ2n) is 3.41. The van der Waals surface area contributed by atoms with Crippen LogP contribution in [0.1, 0.15) is 5.56 Å². The second kappa shape index (κ2) is 5.01. The van der Waals surface area contributed by atoms with E-state index in [1.54, 1.807) is 5.38 Å². The maximum absolute atomic E-state index is 13.6. The van der Waals surface area contributed by atoms with Crippen LogP contribution in [0.3, 0.4) is 0 Å². The van der Waals surface area contributed by atoms with Gasteiger partial charge in [-0.3, -0.25) is 4.72 Å². The second-order valence-corrected chi connectivity index (χ2v) is 5.96. The van der Waals surface area contributed by atoms with Crippen LogP contribution in [-0.4, -0.2) is 13.4 Å². The van der Waals surface area contributed by atoms with Gasteiger partial charge in [0.2, 0.25) is 0 Å². The monoisotopic (exact) mass is 287 g/mol. The van der Waals surface area contributed by atoms with Gasteiger partial charge in [0.15, 0.2) is 5.13 Å². The summed E-state index contributed by atoms with van der Waals surface area (Å²) in [5.41, 5.74) is 5.94. The van der Waals surface area contributed by atoms with Crippen molar-refractivity contribution in [2.75, 3.05) is 4.72 Å². The molecule has 0 aliphatic rings. The predicted molar refractivity (Wildman–Crippen MR) is 67.2 cm³/mol. The molecule has 0 spiro atoms. The van der Waals surface area contributed by atoms with Gasteiger partial charge in [0.1, 0.15) is 10.7 Å². The Bertz CT molecular complexity index is 641. The molecule has 0 saturated heterocycles. The number of nitrogens with zero attached hydrogens (tertiary/aromatic N) is 1. The van der Waals surface area contributed by atoms with Crippen LogP contribution in [0.25, 0.3) is 0 Å². The van der Waals surface area contributed by atoms with Gasteiger partial charge >= 0.3 is 0 Å². The average molecular weight is 287 g/mol. The molecule has 0 unspecified atom stereocenters. The lowest BCUT2D eigenvalue weighted by Gasteiger charge is -2.07. The molecule has 0 aliphatic heterocycles. The van der Waals surface area contributed by atoms with Gasteiger partial charge < -0.3 is 5.73 Å². The number of nitrogens with one attached hydrogen (secondary N) is 1. The largest absolute Gasteiger partial charge is 0.326 e. The maximum Gasteiger partial charge on any atom is 0.266 e. The van der Waals surface area contributed by atoms with Gasteiger partial charge in [-0.25, -0.2) is 17.8 Å². The average Bonchev–Trinajstić information content (AvgIpc) is 2.81. The normalized spacial score (nSPS) is 11.4. The van der Waals surface area contributed by atoms with Crippen molar-refractivity contribution in [3.63, 3.8) is 0 Å². The van der Waals surface area contributed by atoms with Gasteiger partial charge in [-0.15, -0.1) is 11.3 Å². The summed E-state index contributed by atoms with van der Waals surface area (Å²) in [6.45, 7) is 0.139. The highest BCUT2D eigenvalue weighted by Crippen LogP contribution is 2.21. The van der Waals surface area contributed by atoms with Crippen molar-refractivity contribution in [3.8, 4) is 0 Å². The van der Waals surface area contributed by atoms with Gasteiger partial charge in [-0.1, -0.05) is 6.07 Å². The number of benzene rings is 1. The SMILES string of the molecule is NCc1ccc(F)c(S(=O)(=O)Nc2nccs2)c1. The molecular weight excluding hydrogens is 277 g/mol. The van der Waals surface area contributed by atoms with Crippen LogP contribution in [0.4, 0.5) is 9.52 Å². The van der Waals surface area contributed by atoms with Gasteiger partial charge in [-0.05, 0) is 17.7 Å². The lowest BCUT2D eigenvalue weighted by Crippen LogP contribution is -2.15. The Morgan fingerprint density at radius 1 is 1.44 bits per heavy atom. The molecule has 5 nitrogen and oxygen atoms in total. The molecular formula is C10H10FN3O2S2. The number of halogens is 1. The van der Waals surface area contributed by atoms with E-state index < -0.39 is 20.7 Å². The summed E-state index contributed by atoms with van der Waals surface area (Å²) in [4.78, 5) is 3.35. The summed E-state index contributed by atoms with van der Waals surface area (Å²) in [6, 6.07) is 3.74. The van der Waals surface area contributed by atoms with Crippen LogP contribution in [0.2, 0.25) is 0 Å². The number of anilines is 1. The molecule has 0 bridgehead atoms. The Hall–Kier alpha value is -1.51. The molecule has 1 aromatic carbocycles. The zero-order valence-corrected chi connectivity index (χ0v) is 10.8. The smallest absolute Gasteiger partial charge is 0.266 e. The standard InChI is InChI=1S/C10H10FN3O2S2/c11-8-2-1-7(6-12)5-9(8)18(15,16)14-10-13-3-4-17-10/h1-5H,6,12H2,(H,13,14). The van der Waals surface area contributed by atoms with E-state index in [1.165, 1.54) is 18.3 Å². The van der Waals surface area contributed by atoms with Gasteiger partial charge in [0, 0.05) is 18.1 Å². The Labute approximate surface area is 108 Å². The molecule has 96 valence electrons. The van der Waals surface area contributed by atoms with E-state index in [1.807, 2.05) is 0 Å². The first-order valence-electron chi connectivity index (χ1n) is 4.94. The van der Waals surface area contributed by atoms with Crippen LogP contribution in [0.5, 0.6) is 0 Å². The molecule has 0 amide bonds. The molecule has 2 aromatic rings. The third-order valence-corrected chi connectivity index (χ3v) is 4.35. The van der Waals surface area contributed by atoms with E-state index >= 15 is 0 Å². The molecule has 1 heterocycles. The summed E-state index contributed by atoms with van der Waals surface area (Å²) in [5, 5.41) is 1.80. The minimum Gasteiger partial charge on any atom is -0.326 e. The van der Waals surface area contributed by atoms with Crippen LogP contribution >= 0.6 is 11.3 Å². The summed E-state index contributed by atoms with van der Waals surface area (Å²) in [7, 11) is -3.98. The van der Waals surface area contributed by atoms with E-state index in [2.05, 4.69) is 9.71 Å². The number of nitrogens with two attached hydrogens (primary N) is 1. The van der Waals surface area contributed by atoms with Crippen molar-refractivity contribution in [1.82, 2.24) is 4.98 Å². The minimum atomic E-state index is -3.98. The first-order chi connectivity index (χ1) is 8.53. The van der Waals surface area contributed by atoms with Crippen molar-refractivity contribution < 1.29 is 12.8 Å². The number of thiazole rings is 1. The van der Waals surface area contributed by atoms with Crippen molar-refractivity contribution in [1.29, 1.82) is 0 Å². The molecule has 0 fully saturated rings. The zero-order valence-electron chi connectivity index (χ0n) is 9.13.